The van der Waals surface area contributed by atoms with Gasteiger partial charge in [-0.15, -0.1) is 0 Å². The van der Waals surface area contributed by atoms with Crippen molar-refractivity contribution in [1.82, 2.24) is 4.98 Å². The minimum absolute atomic E-state index is 1.04. The van der Waals surface area contributed by atoms with Crippen LogP contribution < -0.4 is 0 Å². The molecule has 0 unspecified atom stereocenters. The topological polar surface area (TPSA) is 12.9 Å². The van der Waals surface area contributed by atoms with E-state index < -0.39 is 0 Å². The Balaban J connectivity index is 1.97. The molecule has 1 aliphatic rings. The Bertz CT molecular complexity index is 313. The second-order valence-corrected chi connectivity index (χ2v) is 4.12. The predicted molar refractivity (Wildman–Crippen MR) is 63.4 cm³/mol. The number of nitrogens with zero attached hydrogens (tertiary/aromatic N) is 1. The fourth-order valence-corrected chi connectivity index (χ4v) is 2.02. The molecule has 2 rings (SSSR count). The molecule has 0 aromatic carbocycles. The number of rotatable bonds is 2. The number of hydrogen-bond acceptors (Lipinski definition) is 1. The van der Waals surface area contributed by atoms with Gasteiger partial charge in [0.25, 0.3) is 0 Å². The molecule has 0 saturated heterocycles. The molecule has 1 aliphatic carbocycles. The molecule has 1 radical (unpaired) electrons. The molecular formula is C14H18N. The van der Waals surface area contributed by atoms with Crippen molar-refractivity contribution >= 4 is 0 Å². The normalized spacial score (nSPS) is 17.7. The van der Waals surface area contributed by atoms with Crippen molar-refractivity contribution < 1.29 is 0 Å². The fraction of sp³-hybridized carbons (Fsp3) is 0.429. The van der Waals surface area contributed by atoms with Gasteiger partial charge in [0, 0.05) is 18.3 Å². The smallest absolute Gasteiger partial charge is 0.0444 e. The van der Waals surface area contributed by atoms with Crippen LogP contribution in [-0.2, 0) is 6.42 Å². The second kappa shape index (κ2) is 5.69. The zero-order chi connectivity index (χ0) is 10.3. The van der Waals surface area contributed by atoms with Crippen LogP contribution in [-0.4, -0.2) is 4.98 Å². The molecule has 0 saturated carbocycles. The Morgan fingerprint density at radius 2 is 2.13 bits per heavy atom. The lowest BCUT2D eigenvalue weighted by Gasteiger charge is -2.10. The molecule has 0 N–H and O–H groups in total. The third kappa shape index (κ3) is 3.50. The van der Waals surface area contributed by atoms with Gasteiger partial charge < -0.3 is 0 Å². The first kappa shape index (κ1) is 10.4. The van der Waals surface area contributed by atoms with E-state index in [2.05, 4.69) is 29.6 Å². The highest BCUT2D eigenvalue weighted by atomic mass is 14.7. The van der Waals surface area contributed by atoms with Gasteiger partial charge in [-0.25, -0.2) is 0 Å². The van der Waals surface area contributed by atoms with Crippen LogP contribution in [0.25, 0.3) is 0 Å². The Kier molecular flexibility index (Phi) is 3.95. The van der Waals surface area contributed by atoms with Gasteiger partial charge in [0.2, 0.25) is 0 Å². The molecule has 1 aromatic heterocycles. The highest BCUT2D eigenvalue weighted by molar-refractivity contribution is 5.15. The summed E-state index contributed by atoms with van der Waals surface area (Å²) in [4.78, 5) is 4.38. The first-order valence-corrected chi connectivity index (χ1v) is 5.84. The Hall–Kier alpha value is -1.11. The van der Waals surface area contributed by atoms with Crippen LogP contribution in [0, 0.1) is 6.42 Å². The molecule has 0 fully saturated rings. The first-order valence-electron chi connectivity index (χ1n) is 5.84. The van der Waals surface area contributed by atoms with Crippen LogP contribution in [0.5, 0.6) is 0 Å². The summed E-state index contributed by atoms with van der Waals surface area (Å²) in [6.07, 6.45) is 14.0. The zero-order valence-corrected chi connectivity index (χ0v) is 9.15. The average Bonchev–Trinajstić information content (AvgIpc) is 2.23. The van der Waals surface area contributed by atoms with Crippen LogP contribution in [0.2, 0.25) is 0 Å². The lowest BCUT2D eigenvalue weighted by molar-refractivity contribution is 0.719. The highest BCUT2D eigenvalue weighted by Gasteiger charge is 2.03. The van der Waals surface area contributed by atoms with E-state index in [0.29, 0.717) is 0 Å². The van der Waals surface area contributed by atoms with E-state index in [9.17, 15) is 0 Å². The van der Waals surface area contributed by atoms with Crippen molar-refractivity contribution in [3.63, 3.8) is 0 Å². The number of aromatic nitrogens is 1. The van der Waals surface area contributed by atoms with Crippen molar-refractivity contribution in [2.24, 2.45) is 0 Å². The van der Waals surface area contributed by atoms with E-state index in [0.717, 1.165) is 6.42 Å². The van der Waals surface area contributed by atoms with Crippen LogP contribution >= 0.6 is 0 Å². The van der Waals surface area contributed by atoms with Gasteiger partial charge in [-0.3, -0.25) is 4.98 Å². The maximum atomic E-state index is 4.38. The molecule has 0 bridgehead atoms. The van der Waals surface area contributed by atoms with Gasteiger partial charge in [-0.05, 0) is 50.7 Å². The van der Waals surface area contributed by atoms with E-state index in [1.54, 1.807) is 5.57 Å². The summed E-state index contributed by atoms with van der Waals surface area (Å²) in [5, 5.41) is 0. The Labute approximate surface area is 92.2 Å². The quantitative estimate of drug-likeness (QED) is 0.663. The molecule has 0 aliphatic heterocycles. The predicted octanol–water partition coefficient (Wildman–Crippen LogP) is 3.72. The highest BCUT2D eigenvalue weighted by Crippen LogP contribution is 2.19. The van der Waals surface area contributed by atoms with Crippen molar-refractivity contribution in [2.45, 2.75) is 38.5 Å². The molecule has 0 atom stereocenters. The maximum absolute atomic E-state index is 4.38. The minimum Gasteiger partial charge on any atom is -0.261 e. The summed E-state index contributed by atoms with van der Waals surface area (Å²) in [7, 11) is 0. The molecule has 1 heteroatoms. The van der Waals surface area contributed by atoms with Gasteiger partial charge in [0.05, 0.1) is 0 Å². The summed E-state index contributed by atoms with van der Waals surface area (Å²) in [5.74, 6) is 0. The zero-order valence-electron chi connectivity index (χ0n) is 9.15. The molecule has 0 amide bonds. The molecule has 1 nitrogen and oxygen atoms in total. The standard InChI is InChI=1S/C14H18N/c1-2-4-8-13(9-5-3-1)12-14-10-6-7-11-15-14/h1,6-8,10-11H,2-5,9,12H2. The summed E-state index contributed by atoms with van der Waals surface area (Å²) in [6.45, 7) is 0. The van der Waals surface area contributed by atoms with Crippen LogP contribution in [0.1, 0.15) is 37.8 Å². The molecular weight excluding hydrogens is 182 g/mol. The SMILES string of the molecule is [CH]1CCC=C(Cc2ccccn2)CCC1. The molecule has 15 heavy (non-hydrogen) atoms. The lowest BCUT2D eigenvalue weighted by Crippen LogP contribution is -1.96. The first-order chi connectivity index (χ1) is 7.45. The lowest BCUT2D eigenvalue weighted by atomic mass is 9.97. The third-order valence-corrected chi connectivity index (χ3v) is 2.84. The fourth-order valence-electron chi connectivity index (χ4n) is 2.02. The second-order valence-electron chi connectivity index (χ2n) is 4.12. The molecule has 1 heterocycles. The minimum atomic E-state index is 1.04. The van der Waals surface area contributed by atoms with Crippen LogP contribution in [0.4, 0.5) is 0 Å². The van der Waals surface area contributed by atoms with Gasteiger partial charge in [-0.1, -0.05) is 17.7 Å². The van der Waals surface area contributed by atoms with E-state index in [4.69, 9.17) is 0 Å². The average molecular weight is 200 g/mol. The summed E-state index contributed by atoms with van der Waals surface area (Å²) >= 11 is 0. The van der Waals surface area contributed by atoms with Crippen LogP contribution in [0.15, 0.2) is 36.0 Å². The van der Waals surface area contributed by atoms with E-state index in [1.165, 1.54) is 37.8 Å². The van der Waals surface area contributed by atoms with Gasteiger partial charge in [0.15, 0.2) is 0 Å². The van der Waals surface area contributed by atoms with Crippen LogP contribution in [0.3, 0.4) is 0 Å². The Morgan fingerprint density at radius 3 is 3.00 bits per heavy atom. The van der Waals surface area contributed by atoms with E-state index in [-0.39, 0.29) is 0 Å². The summed E-state index contributed by atoms with van der Waals surface area (Å²) in [6, 6.07) is 6.16. The Morgan fingerprint density at radius 1 is 1.13 bits per heavy atom. The summed E-state index contributed by atoms with van der Waals surface area (Å²) in [5.41, 5.74) is 2.77. The number of pyridine rings is 1. The van der Waals surface area contributed by atoms with Crippen molar-refractivity contribution in [3.05, 3.63) is 48.2 Å². The van der Waals surface area contributed by atoms with E-state index >= 15 is 0 Å². The number of allylic oxidation sites excluding steroid dienone is 2. The number of hydrogen-bond donors (Lipinski definition) is 0. The van der Waals surface area contributed by atoms with E-state index in [1.807, 2.05) is 12.3 Å². The van der Waals surface area contributed by atoms with Crippen molar-refractivity contribution in [1.29, 1.82) is 0 Å². The molecule has 1 aromatic rings. The monoisotopic (exact) mass is 200 g/mol. The van der Waals surface area contributed by atoms with Crippen molar-refractivity contribution in [3.8, 4) is 0 Å². The maximum Gasteiger partial charge on any atom is 0.0444 e. The largest absolute Gasteiger partial charge is 0.261 e. The van der Waals surface area contributed by atoms with Crippen molar-refractivity contribution in [2.75, 3.05) is 0 Å². The molecule has 79 valence electrons. The summed E-state index contributed by atoms with van der Waals surface area (Å²) < 4.78 is 0. The molecule has 0 spiro atoms. The van der Waals surface area contributed by atoms with Gasteiger partial charge in [-0.2, -0.15) is 0 Å². The van der Waals surface area contributed by atoms with Gasteiger partial charge >= 0.3 is 0 Å². The van der Waals surface area contributed by atoms with Gasteiger partial charge in [0.1, 0.15) is 0 Å². The third-order valence-electron chi connectivity index (χ3n) is 2.84.